The van der Waals surface area contributed by atoms with Crippen LogP contribution in [0, 0.1) is 0 Å². The maximum Gasteiger partial charge on any atom is 0.261 e. The van der Waals surface area contributed by atoms with Gasteiger partial charge < -0.3 is 10.1 Å². The van der Waals surface area contributed by atoms with Gasteiger partial charge in [-0.05, 0) is 41.4 Å². The van der Waals surface area contributed by atoms with E-state index in [1.165, 1.54) is 6.07 Å². The Morgan fingerprint density at radius 3 is 2.67 bits per heavy atom. The third kappa shape index (κ3) is 3.90. The summed E-state index contributed by atoms with van der Waals surface area (Å²) in [6.45, 7) is 2.43. The summed E-state index contributed by atoms with van der Waals surface area (Å²) < 4.78 is 28.5. The van der Waals surface area contributed by atoms with Crippen LogP contribution >= 0.6 is 38.2 Å². The molecule has 2 rings (SSSR count). The fourth-order valence-corrected chi connectivity index (χ4v) is 3.63. The molecule has 0 radical (unpaired) electrons. The monoisotopic (exact) mass is 415 g/mol. The third-order valence-electron chi connectivity index (χ3n) is 3.22. The summed E-state index contributed by atoms with van der Waals surface area (Å²) in [4.78, 5) is 12.1. The lowest BCUT2D eigenvalue weighted by atomic mass is 10.1. The van der Waals surface area contributed by atoms with Crippen LogP contribution in [0.15, 0.2) is 21.5 Å². The largest absolute Gasteiger partial charge is 0.376 e. The van der Waals surface area contributed by atoms with Crippen molar-refractivity contribution < 1.29 is 17.9 Å². The van der Waals surface area contributed by atoms with Crippen LogP contribution in [0.3, 0.4) is 0 Å². The van der Waals surface area contributed by atoms with Crippen LogP contribution < -0.4 is 5.32 Å². The van der Waals surface area contributed by atoms with Crippen LogP contribution in [0.25, 0.3) is 0 Å². The zero-order chi connectivity index (χ0) is 15.8. The number of amides is 1. The van der Waals surface area contributed by atoms with Crippen molar-refractivity contribution in [3.63, 3.8) is 0 Å². The summed E-state index contributed by atoms with van der Waals surface area (Å²) in [5.41, 5.74) is 0.0457. The topological polar surface area (TPSA) is 72.5 Å². The number of hydrogen-bond acceptors (Lipinski definition) is 4. The Kier molecular flexibility index (Phi) is 5.20. The second-order valence-corrected chi connectivity index (χ2v) is 8.45. The van der Waals surface area contributed by atoms with Gasteiger partial charge in [0.2, 0.25) is 0 Å². The first-order valence-electron chi connectivity index (χ1n) is 6.06. The van der Waals surface area contributed by atoms with Crippen molar-refractivity contribution in [3.05, 3.63) is 27.2 Å². The zero-order valence-electron chi connectivity index (χ0n) is 10.9. The average molecular weight is 417 g/mol. The van der Waals surface area contributed by atoms with Gasteiger partial charge in [-0.25, -0.2) is 8.42 Å². The summed E-state index contributed by atoms with van der Waals surface area (Å²) in [6.07, 6.45) is 0.593. The van der Waals surface area contributed by atoms with Crippen LogP contribution in [0.4, 0.5) is 0 Å². The first kappa shape index (κ1) is 17.0. The van der Waals surface area contributed by atoms with Crippen molar-refractivity contribution in [2.75, 3.05) is 6.61 Å². The Labute approximate surface area is 140 Å². The molecule has 0 spiro atoms. The highest BCUT2D eigenvalue weighted by molar-refractivity contribution is 9.10. The SMILES string of the molecule is CC1OCCC1NC(=O)c1cc(S(=O)(=O)Cl)cc(Br)c1Cl. The minimum Gasteiger partial charge on any atom is -0.376 e. The van der Waals surface area contributed by atoms with E-state index < -0.39 is 15.0 Å². The summed E-state index contributed by atoms with van der Waals surface area (Å²) >= 11 is 9.18. The summed E-state index contributed by atoms with van der Waals surface area (Å²) in [5.74, 6) is -0.467. The Hall–Kier alpha value is -0.340. The molecule has 5 nitrogen and oxygen atoms in total. The smallest absolute Gasteiger partial charge is 0.261 e. The number of carbonyl (C=O) groups excluding carboxylic acids is 1. The molecule has 1 fully saturated rings. The predicted octanol–water partition coefficient (Wildman–Crippen LogP) is 2.94. The molecule has 0 saturated carbocycles. The number of ether oxygens (including phenoxy) is 1. The van der Waals surface area contributed by atoms with E-state index in [9.17, 15) is 13.2 Å². The third-order valence-corrected chi connectivity index (χ3v) is 5.81. The van der Waals surface area contributed by atoms with Crippen LogP contribution in [-0.2, 0) is 13.8 Å². The van der Waals surface area contributed by atoms with E-state index in [2.05, 4.69) is 21.2 Å². The Morgan fingerprint density at radius 2 is 2.14 bits per heavy atom. The summed E-state index contributed by atoms with van der Waals surface area (Å²) in [6, 6.07) is 2.28. The molecule has 9 heteroatoms. The Bertz CT molecular complexity index is 680. The Balaban J connectivity index is 2.34. The van der Waals surface area contributed by atoms with E-state index >= 15 is 0 Å². The second-order valence-electron chi connectivity index (χ2n) is 4.65. The molecule has 0 aliphatic carbocycles. The van der Waals surface area contributed by atoms with E-state index in [-0.39, 0.29) is 32.1 Å². The maximum absolute atomic E-state index is 12.3. The van der Waals surface area contributed by atoms with Gasteiger partial charge in [0.15, 0.2) is 0 Å². The number of halogens is 3. The van der Waals surface area contributed by atoms with Crippen LogP contribution in [0.5, 0.6) is 0 Å². The van der Waals surface area contributed by atoms with Crippen molar-refractivity contribution >= 4 is 53.2 Å². The summed E-state index contributed by atoms with van der Waals surface area (Å²) in [5, 5.41) is 2.91. The minimum atomic E-state index is -3.96. The molecule has 1 heterocycles. The van der Waals surface area contributed by atoms with Gasteiger partial charge >= 0.3 is 0 Å². The number of hydrogen-bond donors (Lipinski definition) is 1. The molecular formula is C12H12BrCl2NO4S. The van der Waals surface area contributed by atoms with Gasteiger partial charge in [-0.15, -0.1) is 0 Å². The van der Waals surface area contributed by atoms with Crippen LogP contribution in [0.1, 0.15) is 23.7 Å². The normalized spacial score (nSPS) is 22.3. The molecule has 2 atom stereocenters. The first-order valence-corrected chi connectivity index (χ1v) is 9.54. The standard InChI is InChI=1S/C12H12BrCl2NO4S/c1-6-10(2-3-20-6)16-12(17)8-4-7(21(15,18)19)5-9(13)11(8)14/h4-6,10H,2-3H2,1H3,(H,16,17). The Morgan fingerprint density at radius 1 is 1.48 bits per heavy atom. The molecule has 1 N–H and O–H groups in total. The molecule has 0 bridgehead atoms. The fraction of sp³-hybridized carbons (Fsp3) is 0.417. The van der Waals surface area contributed by atoms with Gasteiger partial charge in [-0.1, -0.05) is 11.6 Å². The highest BCUT2D eigenvalue weighted by Crippen LogP contribution is 2.31. The van der Waals surface area contributed by atoms with Gasteiger partial charge in [0, 0.05) is 21.8 Å². The number of benzene rings is 1. The highest BCUT2D eigenvalue weighted by Gasteiger charge is 2.27. The van der Waals surface area contributed by atoms with E-state index in [0.717, 1.165) is 6.07 Å². The molecule has 1 aliphatic rings. The van der Waals surface area contributed by atoms with Crippen molar-refractivity contribution in [2.45, 2.75) is 30.4 Å². The molecule has 1 saturated heterocycles. The summed E-state index contributed by atoms with van der Waals surface area (Å²) in [7, 11) is 1.35. The number of carbonyl (C=O) groups is 1. The second kappa shape index (κ2) is 6.42. The molecule has 116 valence electrons. The lowest BCUT2D eigenvalue weighted by molar-refractivity contribution is 0.0866. The minimum absolute atomic E-state index is 0.0457. The quantitative estimate of drug-likeness (QED) is 0.768. The van der Waals surface area contributed by atoms with Crippen LogP contribution in [-0.4, -0.2) is 33.1 Å². The number of nitrogens with one attached hydrogen (secondary N) is 1. The maximum atomic E-state index is 12.3. The lowest BCUT2D eigenvalue weighted by Gasteiger charge is -2.17. The van der Waals surface area contributed by atoms with E-state index in [1.54, 1.807) is 0 Å². The van der Waals surface area contributed by atoms with E-state index in [0.29, 0.717) is 13.0 Å². The van der Waals surface area contributed by atoms with Crippen molar-refractivity contribution in [1.82, 2.24) is 5.32 Å². The molecule has 1 aliphatic heterocycles. The number of rotatable bonds is 3. The first-order chi connectivity index (χ1) is 9.70. The zero-order valence-corrected chi connectivity index (χ0v) is 14.8. The van der Waals surface area contributed by atoms with Crippen molar-refractivity contribution in [1.29, 1.82) is 0 Å². The molecule has 0 aromatic heterocycles. The van der Waals surface area contributed by atoms with E-state index in [4.69, 9.17) is 27.0 Å². The fourth-order valence-electron chi connectivity index (χ4n) is 2.04. The van der Waals surface area contributed by atoms with Gasteiger partial charge in [0.05, 0.1) is 27.6 Å². The van der Waals surface area contributed by atoms with Crippen molar-refractivity contribution in [3.8, 4) is 0 Å². The molecule has 21 heavy (non-hydrogen) atoms. The van der Waals surface area contributed by atoms with Gasteiger partial charge in [-0.2, -0.15) is 0 Å². The molecule has 1 aromatic rings. The average Bonchev–Trinajstić information content (AvgIpc) is 2.76. The predicted molar refractivity (Wildman–Crippen MR) is 83.5 cm³/mol. The van der Waals surface area contributed by atoms with E-state index in [1.807, 2.05) is 6.92 Å². The lowest BCUT2D eigenvalue weighted by Crippen LogP contribution is -2.39. The van der Waals surface area contributed by atoms with Gasteiger partial charge in [0.1, 0.15) is 0 Å². The van der Waals surface area contributed by atoms with Crippen LogP contribution in [0.2, 0.25) is 5.02 Å². The highest BCUT2D eigenvalue weighted by atomic mass is 79.9. The molecule has 1 aromatic carbocycles. The van der Waals surface area contributed by atoms with Gasteiger partial charge in [-0.3, -0.25) is 4.79 Å². The molecular weight excluding hydrogens is 405 g/mol. The molecule has 2 unspecified atom stereocenters. The van der Waals surface area contributed by atoms with Crippen molar-refractivity contribution in [2.24, 2.45) is 0 Å². The molecule has 1 amide bonds. The van der Waals surface area contributed by atoms with Gasteiger partial charge in [0.25, 0.3) is 15.0 Å².